The molecular formula is C11H13N3O4. The lowest BCUT2D eigenvalue weighted by Gasteiger charge is -1.98. The van der Waals surface area contributed by atoms with Gasteiger partial charge in [0, 0.05) is 19.1 Å². The number of hydrazone groups is 1. The molecule has 0 fully saturated rings. The lowest BCUT2D eigenvalue weighted by molar-refractivity contribution is -0.385. The standard InChI is InChI=1S/C11H13N3O4/c15-7-3-6-11(16)13-12-8-9-4-1-2-5-10(9)14(17)18/h1-2,4-5,8,15H,3,6-7H2,(H,13,16). The van der Waals surface area contributed by atoms with Crippen molar-refractivity contribution < 1.29 is 14.8 Å². The number of amides is 1. The summed E-state index contributed by atoms with van der Waals surface area (Å²) in [5, 5.41) is 22.8. The quantitative estimate of drug-likeness (QED) is 0.443. The number of nitrogens with one attached hydrogen (secondary N) is 1. The third kappa shape index (κ3) is 4.30. The average molecular weight is 251 g/mol. The summed E-state index contributed by atoms with van der Waals surface area (Å²) in [5.74, 6) is -0.348. The number of aliphatic hydroxyl groups is 1. The van der Waals surface area contributed by atoms with Gasteiger partial charge in [-0.05, 0) is 12.5 Å². The van der Waals surface area contributed by atoms with Crippen LogP contribution in [0, 0.1) is 10.1 Å². The maximum atomic E-state index is 11.1. The predicted octanol–water partition coefficient (Wildman–Crippen LogP) is 0.817. The van der Waals surface area contributed by atoms with Crippen molar-refractivity contribution in [2.24, 2.45) is 5.10 Å². The fourth-order valence-corrected chi connectivity index (χ4v) is 1.23. The Morgan fingerprint density at radius 3 is 2.89 bits per heavy atom. The minimum Gasteiger partial charge on any atom is -0.396 e. The van der Waals surface area contributed by atoms with Crippen LogP contribution in [0.3, 0.4) is 0 Å². The van der Waals surface area contributed by atoms with Gasteiger partial charge in [-0.3, -0.25) is 14.9 Å². The molecule has 2 N–H and O–H groups in total. The summed E-state index contributed by atoms with van der Waals surface area (Å²) < 4.78 is 0. The number of nitro groups is 1. The molecular weight excluding hydrogens is 238 g/mol. The Labute approximate surface area is 103 Å². The maximum Gasteiger partial charge on any atom is 0.278 e. The minimum atomic E-state index is -0.519. The number of rotatable bonds is 6. The van der Waals surface area contributed by atoms with E-state index in [-0.39, 0.29) is 24.6 Å². The molecule has 1 aromatic carbocycles. The number of carbonyl (C=O) groups is 1. The van der Waals surface area contributed by atoms with Gasteiger partial charge in [0.15, 0.2) is 0 Å². The highest BCUT2D eigenvalue weighted by atomic mass is 16.6. The summed E-state index contributed by atoms with van der Waals surface area (Å²) >= 11 is 0. The zero-order chi connectivity index (χ0) is 13.4. The van der Waals surface area contributed by atoms with Gasteiger partial charge in [0.05, 0.1) is 16.7 Å². The molecule has 0 aliphatic rings. The van der Waals surface area contributed by atoms with E-state index in [1.807, 2.05) is 0 Å². The Morgan fingerprint density at radius 2 is 2.22 bits per heavy atom. The first kappa shape index (κ1) is 13.8. The molecule has 96 valence electrons. The summed E-state index contributed by atoms with van der Waals surface area (Å²) in [6, 6.07) is 6.08. The molecule has 7 nitrogen and oxygen atoms in total. The second-order valence-electron chi connectivity index (χ2n) is 3.44. The zero-order valence-corrected chi connectivity index (χ0v) is 9.57. The van der Waals surface area contributed by atoms with E-state index in [0.29, 0.717) is 12.0 Å². The molecule has 0 heterocycles. The molecule has 0 aliphatic heterocycles. The van der Waals surface area contributed by atoms with E-state index in [1.54, 1.807) is 12.1 Å². The molecule has 0 aliphatic carbocycles. The number of nitrogens with zero attached hydrogens (tertiary/aromatic N) is 2. The van der Waals surface area contributed by atoms with Crippen LogP contribution in [0.2, 0.25) is 0 Å². The van der Waals surface area contributed by atoms with Gasteiger partial charge in [0.1, 0.15) is 0 Å². The Kier molecular flexibility index (Phi) is 5.46. The highest BCUT2D eigenvalue weighted by Crippen LogP contribution is 2.14. The molecule has 0 atom stereocenters. The molecule has 1 amide bonds. The number of hydrogen-bond acceptors (Lipinski definition) is 5. The molecule has 0 spiro atoms. The van der Waals surface area contributed by atoms with Gasteiger partial charge in [-0.2, -0.15) is 5.10 Å². The second-order valence-corrected chi connectivity index (χ2v) is 3.44. The van der Waals surface area contributed by atoms with Crippen molar-refractivity contribution >= 4 is 17.8 Å². The number of aliphatic hydroxyl groups excluding tert-OH is 1. The maximum absolute atomic E-state index is 11.1. The lowest BCUT2D eigenvalue weighted by atomic mass is 10.2. The lowest BCUT2D eigenvalue weighted by Crippen LogP contribution is -2.17. The molecule has 0 radical (unpaired) electrons. The van der Waals surface area contributed by atoms with E-state index >= 15 is 0 Å². The number of hydrogen-bond donors (Lipinski definition) is 2. The molecule has 18 heavy (non-hydrogen) atoms. The van der Waals surface area contributed by atoms with Crippen molar-refractivity contribution in [1.29, 1.82) is 0 Å². The predicted molar refractivity (Wildman–Crippen MR) is 65.2 cm³/mol. The van der Waals surface area contributed by atoms with Gasteiger partial charge in [0.2, 0.25) is 5.91 Å². The van der Waals surface area contributed by atoms with Gasteiger partial charge >= 0.3 is 0 Å². The number of carbonyl (C=O) groups excluding carboxylic acids is 1. The van der Waals surface area contributed by atoms with Crippen LogP contribution in [-0.4, -0.2) is 28.8 Å². The van der Waals surface area contributed by atoms with Crippen LogP contribution < -0.4 is 5.43 Å². The van der Waals surface area contributed by atoms with Crippen LogP contribution in [0.1, 0.15) is 18.4 Å². The van der Waals surface area contributed by atoms with E-state index in [2.05, 4.69) is 10.5 Å². The molecule has 1 rings (SSSR count). The smallest absolute Gasteiger partial charge is 0.278 e. The monoisotopic (exact) mass is 251 g/mol. The first-order chi connectivity index (χ1) is 8.65. The summed E-state index contributed by atoms with van der Waals surface area (Å²) in [7, 11) is 0. The molecule has 0 bridgehead atoms. The fourth-order valence-electron chi connectivity index (χ4n) is 1.23. The normalized spacial score (nSPS) is 10.5. The highest BCUT2D eigenvalue weighted by Gasteiger charge is 2.09. The van der Waals surface area contributed by atoms with Crippen molar-refractivity contribution in [3.63, 3.8) is 0 Å². The molecule has 0 aromatic heterocycles. The van der Waals surface area contributed by atoms with Crippen molar-refractivity contribution in [1.82, 2.24) is 5.43 Å². The fraction of sp³-hybridized carbons (Fsp3) is 0.273. The molecule has 1 aromatic rings. The van der Waals surface area contributed by atoms with E-state index in [4.69, 9.17) is 5.11 Å². The number of benzene rings is 1. The van der Waals surface area contributed by atoms with E-state index in [1.165, 1.54) is 18.3 Å². The van der Waals surface area contributed by atoms with Gasteiger partial charge in [-0.1, -0.05) is 12.1 Å². The largest absolute Gasteiger partial charge is 0.396 e. The van der Waals surface area contributed by atoms with Gasteiger partial charge in [-0.15, -0.1) is 0 Å². The van der Waals surface area contributed by atoms with Crippen LogP contribution in [-0.2, 0) is 4.79 Å². The topological polar surface area (TPSA) is 105 Å². The van der Waals surface area contributed by atoms with Gasteiger partial charge < -0.3 is 5.11 Å². The summed E-state index contributed by atoms with van der Waals surface area (Å²) in [6.07, 6.45) is 1.73. The molecule has 0 unspecified atom stereocenters. The number of para-hydroxylation sites is 1. The first-order valence-electron chi connectivity index (χ1n) is 5.31. The Morgan fingerprint density at radius 1 is 1.50 bits per heavy atom. The molecule has 0 saturated heterocycles. The Hall–Kier alpha value is -2.28. The Bertz CT molecular complexity index is 459. The van der Waals surface area contributed by atoms with E-state index in [0.717, 1.165) is 0 Å². The van der Waals surface area contributed by atoms with Crippen molar-refractivity contribution in [2.45, 2.75) is 12.8 Å². The third-order valence-electron chi connectivity index (χ3n) is 2.09. The summed E-state index contributed by atoms with van der Waals surface area (Å²) in [5.41, 5.74) is 2.46. The molecule has 0 saturated carbocycles. The van der Waals surface area contributed by atoms with Crippen LogP contribution in [0.25, 0.3) is 0 Å². The second kappa shape index (κ2) is 7.13. The Balaban J connectivity index is 2.62. The zero-order valence-electron chi connectivity index (χ0n) is 9.57. The van der Waals surface area contributed by atoms with E-state index in [9.17, 15) is 14.9 Å². The minimum absolute atomic E-state index is 0.0682. The van der Waals surface area contributed by atoms with Crippen LogP contribution in [0.5, 0.6) is 0 Å². The summed E-state index contributed by atoms with van der Waals surface area (Å²) in [6.45, 7) is -0.0682. The summed E-state index contributed by atoms with van der Waals surface area (Å²) in [4.78, 5) is 21.3. The van der Waals surface area contributed by atoms with Crippen molar-refractivity contribution in [3.8, 4) is 0 Å². The van der Waals surface area contributed by atoms with Crippen LogP contribution in [0.15, 0.2) is 29.4 Å². The van der Waals surface area contributed by atoms with Crippen molar-refractivity contribution in [2.75, 3.05) is 6.61 Å². The average Bonchev–Trinajstić information content (AvgIpc) is 2.36. The van der Waals surface area contributed by atoms with Crippen LogP contribution >= 0.6 is 0 Å². The first-order valence-corrected chi connectivity index (χ1v) is 5.31. The van der Waals surface area contributed by atoms with Gasteiger partial charge in [-0.25, -0.2) is 5.43 Å². The van der Waals surface area contributed by atoms with Crippen molar-refractivity contribution in [3.05, 3.63) is 39.9 Å². The molecule has 7 heteroatoms. The number of nitro benzene ring substituents is 1. The van der Waals surface area contributed by atoms with Gasteiger partial charge in [0.25, 0.3) is 5.69 Å². The van der Waals surface area contributed by atoms with E-state index < -0.39 is 4.92 Å². The third-order valence-corrected chi connectivity index (χ3v) is 2.09. The highest BCUT2D eigenvalue weighted by molar-refractivity contribution is 5.86. The van der Waals surface area contributed by atoms with Crippen LogP contribution in [0.4, 0.5) is 5.69 Å². The SMILES string of the molecule is O=C(CCCO)NN=Cc1ccccc1[N+](=O)[O-].